The van der Waals surface area contributed by atoms with Gasteiger partial charge in [-0.15, -0.1) is 11.3 Å². The largest absolute Gasteiger partial charge is 0.508 e. The Hall–Kier alpha value is -1.39. The van der Waals surface area contributed by atoms with E-state index in [1.165, 1.54) is 5.56 Å². The van der Waals surface area contributed by atoms with Crippen LogP contribution in [0.2, 0.25) is 0 Å². The molecule has 1 heterocycles. The maximum atomic E-state index is 9.76. The zero-order valence-electron chi connectivity index (χ0n) is 9.39. The molecule has 17 heavy (non-hydrogen) atoms. The molecule has 1 atom stereocenters. The normalized spacial score (nSPS) is 18.2. The van der Waals surface area contributed by atoms with Gasteiger partial charge in [0, 0.05) is 24.2 Å². The minimum absolute atomic E-state index is 0.348. The van der Waals surface area contributed by atoms with E-state index in [9.17, 15) is 5.11 Å². The standard InChI is InChI=1S/C13H14N2OS/c16-12-3-1-2-9-10(12)4-5-11(9)15-8-13-14-6-7-17-13/h1-3,6-7,11,15-16H,4-5,8H2. The predicted molar refractivity (Wildman–Crippen MR) is 68.1 cm³/mol. The number of benzene rings is 1. The fraction of sp³-hybridized carbons (Fsp3) is 0.308. The molecule has 0 spiro atoms. The van der Waals surface area contributed by atoms with Crippen molar-refractivity contribution >= 4 is 11.3 Å². The maximum absolute atomic E-state index is 9.76. The molecule has 3 nitrogen and oxygen atoms in total. The van der Waals surface area contributed by atoms with Crippen LogP contribution in [0.15, 0.2) is 29.8 Å². The van der Waals surface area contributed by atoms with Gasteiger partial charge in [0.05, 0.1) is 0 Å². The van der Waals surface area contributed by atoms with Gasteiger partial charge in [-0.2, -0.15) is 0 Å². The first-order valence-electron chi connectivity index (χ1n) is 5.77. The van der Waals surface area contributed by atoms with Gasteiger partial charge in [0.1, 0.15) is 10.8 Å². The second kappa shape index (κ2) is 4.47. The Morgan fingerprint density at radius 2 is 2.41 bits per heavy atom. The smallest absolute Gasteiger partial charge is 0.119 e. The molecule has 1 aromatic carbocycles. The van der Waals surface area contributed by atoms with Crippen molar-refractivity contribution in [2.45, 2.75) is 25.4 Å². The molecule has 2 N–H and O–H groups in total. The number of aromatic nitrogens is 1. The number of phenolic OH excluding ortho intramolecular Hbond substituents is 1. The molecule has 0 saturated carbocycles. The van der Waals surface area contributed by atoms with Crippen molar-refractivity contribution in [3.05, 3.63) is 45.9 Å². The third-order valence-electron chi connectivity index (χ3n) is 3.23. The fourth-order valence-electron chi connectivity index (χ4n) is 2.40. The van der Waals surface area contributed by atoms with Crippen molar-refractivity contribution in [2.24, 2.45) is 0 Å². The van der Waals surface area contributed by atoms with Crippen LogP contribution < -0.4 is 5.32 Å². The molecule has 1 aromatic heterocycles. The van der Waals surface area contributed by atoms with E-state index in [-0.39, 0.29) is 0 Å². The molecule has 1 aliphatic carbocycles. The SMILES string of the molecule is Oc1cccc2c1CCC2NCc1nccs1. The highest BCUT2D eigenvalue weighted by molar-refractivity contribution is 7.09. The lowest BCUT2D eigenvalue weighted by Crippen LogP contribution is -2.18. The Kier molecular flexibility index (Phi) is 2.82. The molecule has 0 fully saturated rings. The summed E-state index contributed by atoms with van der Waals surface area (Å²) >= 11 is 1.67. The van der Waals surface area contributed by atoms with E-state index in [0.717, 1.165) is 30.0 Å². The first kappa shape index (κ1) is 10.7. The second-order valence-corrected chi connectivity index (χ2v) is 5.22. The second-order valence-electron chi connectivity index (χ2n) is 4.24. The summed E-state index contributed by atoms with van der Waals surface area (Å²) in [5.74, 6) is 0.432. The van der Waals surface area contributed by atoms with Gasteiger partial charge in [-0.05, 0) is 30.0 Å². The van der Waals surface area contributed by atoms with E-state index in [0.29, 0.717) is 11.8 Å². The molecule has 0 amide bonds. The quantitative estimate of drug-likeness (QED) is 0.875. The Labute approximate surface area is 104 Å². The lowest BCUT2D eigenvalue weighted by molar-refractivity contribution is 0.469. The molecular weight excluding hydrogens is 232 g/mol. The number of thiazole rings is 1. The van der Waals surface area contributed by atoms with E-state index in [2.05, 4.69) is 16.4 Å². The van der Waals surface area contributed by atoms with Crippen molar-refractivity contribution in [1.82, 2.24) is 10.3 Å². The molecule has 0 saturated heterocycles. The average molecular weight is 246 g/mol. The molecule has 88 valence electrons. The Morgan fingerprint density at radius 1 is 1.47 bits per heavy atom. The number of nitrogens with one attached hydrogen (secondary N) is 1. The zero-order valence-corrected chi connectivity index (χ0v) is 10.2. The van der Waals surface area contributed by atoms with E-state index < -0.39 is 0 Å². The van der Waals surface area contributed by atoms with E-state index in [1.807, 2.05) is 17.6 Å². The number of fused-ring (bicyclic) bond motifs is 1. The Morgan fingerprint density at radius 3 is 3.24 bits per heavy atom. The summed E-state index contributed by atoms with van der Waals surface area (Å²) in [5.41, 5.74) is 2.34. The van der Waals surface area contributed by atoms with Crippen LogP contribution in [0.3, 0.4) is 0 Å². The lowest BCUT2D eigenvalue weighted by Gasteiger charge is -2.12. The molecule has 1 aliphatic rings. The van der Waals surface area contributed by atoms with Crippen LogP contribution in [0.5, 0.6) is 5.75 Å². The van der Waals surface area contributed by atoms with Gasteiger partial charge >= 0.3 is 0 Å². The summed E-state index contributed by atoms with van der Waals surface area (Å²) in [5, 5.41) is 16.4. The lowest BCUT2D eigenvalue weighted by atomic mass is 10.1. The van der Waals surface area contributed by atoms with Crippen LogP contribution in [-0.2, 0) is 13.0 Å². The average Bonchev–Trinajstić information content (AvgIpc) is 2.95. The van der Waals surface area contributed by atoms with Crippen LogP contribution in [0.25, 0.3) is 0 Å². The molecule has 1 unspecified atom stereocenters. The van der Waals surface area contributed by atoms with Crippen LogP contribution in [0.4, 0.5) is 0 Å². The summed E-state index contributed by atoms with van der Waals surface area (Å²) in [6.45, 7) is 0.803. The fourth-order valence-corrected chi connectivity index (χ4v) is 2.97. The van der Waals surface area contributed by atoms with Gasteiger partial charge < -0.3 is 10.4 Å². The third-order valence-corrected chi connectivity index (χ3v) is 4.01. The number of aromatic hydroxyl groups is 1. The van der Waals surface area contributed by atoms with E-state index in [4.69, 9.17) is 0 Å². The third kappa shape index (κ3) is 2.06. The number of rotatable bonds is 3. The zero-order chi connectivity index (χ0) is 11.7. The maximum Gasteiger partial charge on any atom is 0.119 e. The van der Waals surface area contributed by atoms with Gasteiger partial charge in [-0.25, -0.2) is 4.98 Å². The Balaban J connectivity index is 1.73. The number of phenols is 1. The van der Waals surface area contributed by atoms with Crippen molar-refractivity contribution in [3.63, 3.8) is 0 Å². The van der Waals surface area contributed by atoms with Gasteiger partial charge in [0.15, 0.2) is 0 Å². The van der Waals surface area contributed by atoms with E-state index >= 15 is 0 Å². The number of nitrogens with zero attached hydrogens (tertiary/aromatic N) is 1. The number of hydrogen-bond acceptors (Lipinski definition) is 4. The Bertz CT molecular complexity index is 510. The summed E-state index contributed by atoms with van der Waals surface area (Å²) in [7, 11) is 0. The topological polar surface area (TPSA) is 45.1 Å². The van der Waals surface area contributed by atoms with Crippen LogP contribution in [0, 0.1) is 0 Å². The summed E-state index contributed by atoms with van der Waals surface area (Å²) < 4.78 is 0. The highest BCUT2D eigenvalue weighted by Crippen LogP contribution is 2.36. The van der Waals surface area contributed by atoms with Gasteiger partial charge in [0.2, 0.25) is 0 Å². The number of hydrogen-bond donors (Lipinski definition) is 2. The molecule has 2 aromatic rings. The van der Waals surface area contributed by atoms with Crippen molar-refractivity contribution < 1.29 is 5.11 Å². The first-order chi connectivity index (χ1) is 8.34. The van der Waals surface area contributed by atoms with Crippen molar-refractivity contribution in [3.8, 4) is 5.75 Å². The summed E-state index contributed by atoms with van der Waals surface area (Å²) in [4.78, 5) is 4.26. The van der Waals surface area contributed by atoms with E-state index in [1.54, 1.807) is 17.4 Å². The molecule has 3 rings (SSSR count). The summed E-state index contributed by atoms with van der Waals surface area (Å²) in [6, 6.07) is 6.13. The molecular formula is C13H14N2OS. The van der Waals surface area contributed by atoms with Gasteiger partial charge in [-0.3, -0.25) is 0 Å². The summed E-state index contributed by atoms with van der Waals surface area (Å²) in [6.07, 6.45) is 3.84. The van der Waals surface area contributed by atoms with Crippen molar-refractivity contribution in [1.29, 1.82) is 0 Å². The van der Waals surface area contributed by atoms with Crippen LogP contribution >= 0.6 is 11.3 Å². The first-order valence-corrected chi connectivity index (χ1v) is 6.65. The minimum atomic E-state index is 0.348. The molecule has 0 aliphatic heterocycles. The monoisotopic (exact) mass is 246 g/mol. The molecule has 4 heteroatoms. The highest BCUT2D eigenvalue weighted by atomic mass is 32.1. The van der Waals surface area contributed by atoms with Gasteiger partial charge in [0.25, 0.3) is 0 Å². The minimum Gasteiger partial charge on any atom is -0.508 e. The van der Waals surface area contributed by atoms with Gasteiger partial charge in [-0.1, -0.05) is 12.1 Å². The van der Waals surface area contributed by atoms with Crippen molar-refractivity contribution in [2.75, 3.05) is 0 Å². The molecule has 0 bridgehead atoms. The highest BCUT2D eigenvalue weighted by Gasteiger charge is 2.24. The van der Waals surface area contributed by atoms with Crippen LogP contribution in [0.1, 0.15) is 28.6 Å². The molecule has 0 radical (unpaired) electrons. The van der Waals surface area contributed by atoms with Crippen LogP contribution in [-0.4, -0.2) is 10.1 Å². The predicted octanol–water partition coefficient (Wildman–Crippen LogP) is 2.63.